The average Bonchev–Trinajstić information content (AvgIpc) is 3.32. The molecule has 0 saturated carbocycles. The lowest BCUT2D eigenvalue weighted by molar-refractivity contribution is -0.374. The first-order valence-corrected chi connectivity index (χ1v) is 10.9. The largest absolute Gasteiger partial charge is 0.573 e. The predicted octanol–water partition coefficient (Wildman–Crippen LogP) is 3.48. The third-order valence-corrected chi connectivity index (χ3v) is 6.04. The fraction of sp³-hybridized carbons (Fsp3) is 0.429. The maximum Gasteiger partial charge on any atom is 0.573 e. The van der Waals surface area contributed by atoms with Crippen LogP contribution < -0.4 is 9.73 Å². The Kier molecular flexibility index (Phi) is 7.91. The van der Waals surface area contributed by atoms with E-state index in [1.807, 2.05) is 18.3 Å². The summed E-state index contributed by atoms with van der Waals surface area (Å²) in [6, 6.07) is 9.20. The number of halogens is 4. The number of benzene rings is 1. The highest BCUT2D eigenvalue weighted by Crippen LogP contribution is 2.24. The minimum Gasteiger partial charge on any atom is -0.406 e. The summed E-state index contributed by atoms with van der Waals surface area (Å²) in [5, 5.41) is 0. The van der Waals surface area contributed by atoms with Crippen LogP contribution in [0.4, 0.5) is 13.2 Å². The number of rotatable bonds is 8. The molecule has 30 heavy (non-hydrogen) atoms. The number of nitrogens with zero attached hydrogens (tertiary/aromatic N) is 1. The molecule has 1 aliphatic heterocycles. The zero-order valence-electron chi connectivity index (χ0n) is 16.3. The van der Waals surface area contributed by atoms with Gasteiger partial charge in [-0.05, 0) is 62.2 Å². The molecule has 9 heteroatoms. The highest BCUT2D eigenvalue weighted by molar-refractivity contribution is 7.16. The molecule has 1 aromatic heterocycles. The molecule has 1 unspecified atom stereocenters. The summed E-state index contributed by atoms with van der Waals surface area (Å²) in [6.45, 7) is 2.99. The van der Waals surface area contributed by atoms with Gasteiger partial charge in [0.15, 0.2) is 6.21 Å². The Balaban J connectivity index is 1.58. The number of ether oxygens (including phenoxy) is 1. The lowest BCUT2D eigenvalue weighted by Crippen LogP contribution is -2.75. The van der Waals surface area contributed by atoms with Gasteiger partial charge in [-0.25, -0.2) is 4.79 Å². The summed E-state index contributed by atoms with van der Waals surface area (Å²) < 4.78 is 41.3. The van der Waals surface area contributed by atoms with Gasteiger partial charge in [0.2, 0.25) is 0 Å². The molecule has 1 saturated heterocycles. The monoisotopic (exact) mass is 459 g/mol. The summed E-state index contributed by atoms with van der Waals surface area (Å²) in [5.74, 6) is -0.377. The van der Waals surface area contributed by atoms with Crippen molar-refractivity contribution in [2.75, 3.05) is 19.6 Å². The molecule has 0 radical (unpaired) electrons. The number of amides is 1. The number of nitrogens with one attached hydrogen (secondary N) is 1. The molecular formula is C21H23ClF3N2O2S+. The molecule has 1 aliphatic rings. The van der Waals surface area contributed by atoms with Crippen LogP contribution in [0.5, 0.6) is 5.75 Å². The van der Waals surface area contributed by atoms with E-state index in [9.17, 15) is 18.0 Å². The number of hydrogen-bond donors (Lipinski definition) is 1. The van der Waals surface area contributed by atoms with Gasteiger partial charge < -0.3 is 9.64 Å². The standard InChI is InChI=1S/C21H22ClF3N2O2S/c22-19-8-7-18(30-19)11-16(14-27-9-1-2-10-27)13-26-20(28)12-15-3-5-17(6-4-15)29-21(23,24)25/h3-8,13,16H,1-2,9-12,14H2/p+1. The molecule has 162 valence electrons. The molecule has 1 fully saturated rings. The van der Waals surface area contributed by atoms with E-state index < -0.39 is 6.36 Å². The molecule has 1 atom stereocenters. The summed E-state index contributed by atoms with van der Waals surface area (Å²) in [6.07, 6.45) is 0.345. The number of likely N-dealkylation sites (tertiary alicyclic amines) is 1. The van der Waals surface area contributed by atoms with Gasteiger partial charge in [0.1, 0.15) is 5.75 Å². The second kappa shape index (κ2) is 10.4. The van der Waals surface area contributed by atoms with Crippen molar-refractivity contribution in [3.05, 3.63) is 51.2 Å². The fourth-order valence-corrected chi connectivity index (χ4v) is 4.63. The first-order valence-electron chi connectivity index (χ1n) is 9.71. The molecule has 1 N–H and O–H groups in total. The van der Waals surface area contributed by atoms with E-state index in [0.717, 1.165) is 35.3 Å². The summed E-state index contributed by atoms with van der Waals surface area (Å²) in [7, 11) is 0. The fourth-order valence-electron chi connectivity index (χ4n) is 3.45. The third-order valence-electron chi connectivity index (χ3n) is 4.79. The number of thiophene rings is 1. The van der Waals surface area contributed by atoms with E-state index in [0.29, 0.717) is 5.56 Å². The van der Waals surface area contributed by atoms with Crippen LogP contribution in [0.15, 0.2) is 36.4 Å². The van der Waals surface area contributed by atoms with Gasteiger partial charge in [0, 0.05) is 11.4 Å². The van der Waals surface area contributed by atoms with Gasteiger partial charge in [-0.1, -0.05) is 23.7 Å². The van der Waals surface area contributed by atoms with Gasteiger partial charge in [0.05, 0.1) is 16.7 Å². The Morgan fingerprint density at radius 1 is 1.20 bits per heavy atom. The van der Waals surface area contributed by atoms with Gasteiger partial charge >= 0.3 is 12.3 Å². The maximum absolute atomic E-state index is 12.3. The van der Waals surface area contributed by atoms with E-state index >= 15 is 0 Å². The third kappa shape index (κ3) is 7.74. The van der Waals surface area contributed by atoms with Crippen molar-refractivity contribution in [3.63, 3.8) is 0 Å². The second-order valence-corrected chi connectivity index (χ2v) is 9.08. The summed E-state index contributed by atoms with van der Waals surface area (Å²) in [5.41, 5.74) is 0.608. The summed E-state index contributed by atoms with van der Waals surface area (Å²) in [4.78, 5) is 18.7. The van der Waals surface area contributed by atoms with E-state index in [-0.39, 0.29) is 24.0 Å². The minimum atomic E-state index is -4.73. The molecule has 0 bridgehead atoms. The Morgan fingerprint density at radius 3 is 2.50 bits per heavy atom. The Labute approximate surface area is 182 Å². The maximum atomic E-state index is 12.3. The molecule has 1 aromatic carbocycles. The quantitative estimate of drug-likeness (QED) is 0.615. The number of alkyl halides is 3. The SMILES string of the molecule is O=C(Cc1ccc(OC(F)(F)F)cc1)[NH+]=CC(Cc1ccc(Cl)s1)CN1CCCC1. The zero-order valence-corrected chi connectivity index (χ0v) is 17.8. The van der Waals surface area contributed by atoms with Crippen molar-refractivity contribution in [2.24, 2.45) is 5.92 Å². The first kappa shape index (κ1) is 22.8. The Bertz CT molecular complexity index is 862. The average molecular weight is 460 g/mol. The van der Waals surface area contributed by atoms with Crippen molar-refractivity contribution in [3.8, 4) is 5.75 Å². The lowest BCUT2D eigenvalue weighted by atomic mass is 10.1. The van der Waals surface area contributed by atoms with Crippen LogP contribution in [-0.2, 0) is 17.6 Å². The Hall–Kier alpha value is -1.90. The minimum absolute atomic E-state index is 0.0735. The molecule has 0 spiro atoms. The number of carbonyl (C=O) groups is 1. The van der Waals surface area contributed by atoms with Crippen LogP contribution in [0.3, 0.4) is 0 Å². The smallest absolute Gasteiger partial charge is 0.406 e. The number of hydrogen-bond acceptors (Lipinski definition) is 4. The summed E-state index contributed by atoms with van der Waals surface area (Å²) >= 11 is 7.57. The van der Waals surface area contributed by atoms with Crippen molar-refractivity contribution >= 4 is 35.1 Å². The second-order valence-electron chi connectivity index (χ2n) is 7.28. The van der Waals surface area contributed by atoms with Crippen molar-refractivity contribution < 1.29 is 27.7 Å². The molecular weight excluding hydrogens is 437 g/mol. The topological polar surface area (TPSA) is 43.5 Å². The zero-order chi connectivity index (χ0) is 21.6. The van der Waals surface area contributed by atoms with Crippen molar-refractivity contribution in [1.82, 2.24) is 4.90 Å². The molecule has 1 amide bonds. The molecule has 4 nitrogen and oxygen atoms in total. The Morgan fingerprint density at radius 2 is 1.90 bits per heavy atom. The predicted molar refractivity (Wildman–Crippen MR) is 111 cm³/mol. The van der Waals surface area contributed by atoms with E-state index in [1.54, 1.807) is 0 Å². The van der Waals surface area contributed by atoms with Crippen molar-refractivity contribution in [1.29, 1.82) is 0 Å². The van der Waals surface area contributed by atoms with Crippen LogP contribution in [0.1, 0.15) is 23.3 Å². The molecule has 3 rings (SSSR count). The van der Waals surface area contributed by atoms with Crippen LogP contribution in [-0.4, -0.2) is 43.0 Å². The highest BCUT2D eigenvalue weighted by Gasteiger charge is 2.31. The van der Waals surface area contributed by atoms with E-state index in [1.165, 1.54) is 48.4 Å². The molecule has 2 aromatic rings. The van der Waals surface area contributed by atoms with Crippen molar-refractivity contribution in [2.45, 2.75) is 32.0 Å². The van der Waals surface area contributed by atoms with Gasteiger partial charge in [0.25, 0.3) is 0 Å². The lowest BCUT2D eigenvalue weighted by Gasteiger charge is -2.18. The highest BCUT2D eigenvalue weighted by atomic mass is 35.5. The van der Waals surface area contributed by atoms with Gasteiger partial charge in [-0.2, -0.15) is 4.99 Å². The van der Waals surface area contributed by atoms with Gasteiger partial charge in [-0.15, -0.1) is 24.5 Å². The molecule has 0 aliphatic carbocycles. The van der Waals surface area contributed by atoms with Crippen LogP contribution in [0.25, 0.3) is 0 Å². The van der Waals surface area contributed by atoms with Gasteiger partial charge in [-0.3, -0.25) is 0 Å². The number of carbonyl (C=O) groups excluding carboxylic acids is 1. The van der Waals surface area contributed by atoms with Crippen LogP contribution in [0.2, 0.25) is 4.34 Å². The van der Waals surface area contributed by atoms with E-state index in [4.69, 9.17) is 11.6 Å². The first-order chi connectivity index (χ1) is 14.3. The van der Waals surface area contributed by atoms with Crippen LogP contribution >= 0.6 is 22.9 Å². The normalized spacial score (nSPS) is 16.3. The van der Waals surface area contributed by atoms with Crippen LogP contribution in [0, 0.1) is 5.92 Å². The van der Waals surface area contributed by atoms with E-state index in [2.05, 4.69) is 14.6 Å². The molecule has 2 heterocycles.